The second-order valence-electron chi connectivity index (χ2n) is 16.3. The van der Waals surface area contributed by atoms with E-state index in [0.717, 1.165) is 109 Å². The van der Waals surface area contributed by atoms with Gasteiger partial charge >= 0.3 is 17.9 Å². The van der Waals surface area contributed by atoms with Crippen molar-refractivity contribution in [2.45, 2.75) is 232 Å². The first kappa shape index (κ1) is 57.6. The number of allylic oxidation sites excluding steroid dienone is 14. The van der Waals surface area contributed by atoms with Gasteiger partial charge in [-0.1, -0.05) is 189 Å². The van der Waals surface area contributed by atoms with E-state index >= 15 is 0 Å². The van der Waals surface area contributed by atoms with Gasteiger partial charge in [0.1, 0.15) is 13.2 Å². The first-order valence-electron chi connectivity index (χ1n) is 25.1. The molecule has 0 aromatic carbocycles. The van der Waals surface area contributed by atoms with Crippen molar-refractivity contribution in [3.8, 4) is 0 Å². The molecule has 0 spiro atoms. The molecule has 0 bridgehead atoms. The lowest BCUT2D eigenvalue weighted by Gasteiger charge is -2.18. The maximum atomic E-state index is 12.8. The van der Waals surface area contributed by atoms with Crippen LogP contribution in [0.1, 0.15) is 226 Å². The lowest BCUT2D eigenvalue weighted by atomic mass is 10.1. The van der Waals surface area contributed by atoms with Gasteiger partial charge < -0.3 is 14.2 Å². The van der Waals surface area contributed by atoms with E-state index in [4.69, 9.17) is 14.2 Å². The van der Waals surface area contributed by atoms with Gasteiger partial charge in [-0.2, -0.15) is 0 Å². The van der Waals surface area contributed by atoms with E-state index < -0.39 is 6.10 Å². The van der Waals surface area contributed by atoms with Crippen LogP contribution < -0.4 is 0 Å². The molecule has 0 aromatic rings. The number of hydrogen-bond acceptors (Lipinski definition) is 6. The third kappa shape index (κ3) is 47.5. The van der Waals surface area contributed by atoms with Crippen molar-refractivity contribution in [3.05, 3.63) is 85.1 Å². The van der Waals surface area contributed by atoms with Crippen molar-refractivity contribution in [1.29, 1.82) is 0 Å². The summed E-state index contributed by atoms with van der Waals surface area (Å²) < 4.78 is 16.7. The van der Waals surface area contributed by atoms with Crippen molar-refractivity contribution in [2.24, 2.45) is 0 Å². The maximum absolute atomic E-state index is 12.8. The van der Waals surface area contributed by atoms with Crippen molar-refractivity contribution in [2.75, 3.05) is 13.2 Å². The van der Waals surface area contributed by atoms with Crippen LogP contribution in [0.15, 0.2) is 85.1 Å². The molecule has 0 N–H and O–H groups in total. The molecular weight excluding hydrogens is 757 g/mol. The molecule has 0 rings (SSSR count). The number of hydrogen-bond donors (Lipinski definition) is 0. The SMILES string of the molecule is CC/C=C\C/C=C\C/C=C\CCCCCCC(=O)OC(COC(=O)CCC/C=C\C/C=C\C/C=C\CC)COC(=O)CCCCCCC/C=C\CCCCCCCCCCC. The van der Waals surface area contributed by atoms with Gasteiger partial charge in [-0.25, -0.2) is 0 Å². The number of esters is 3. The minimum atomic E-state index is -0.811. The van der Waals surface area contributed by atoms with Crippen molar-refractivity contribution >= 4 is 17.9 Å². The van der Waals surface area contributed by atoms with Crippen LogP contribution in [0.5, 0.6) is 0 Å². The Bertz CT molecular complexity index is 1200. The smallest absolute Gasteiger partial charge is 0.306 e. The molecule has 0 aliphatic heterocycles. The average Bonchev–Trinajstić information content (AvgIpc) is 3.26. The molecule has 0 heterocycles. The Hall–Kier alpha value is -3.41. The summed E-state index contributed by atoms with van der Waals surface area (Å²) in [6.45, 7) is 6.32. The van der Waals surface area contributed by atoms with Gasteiger partial charge in [0.2, 0.25) is 0 Å². The molecule has 348 valence electrons. The zero-order chi connectivity index (χ0) is 44.4. The standard InChI is InChI=1S/C55H92O6/c1-4-7-10-13-16-19-22-24-26-27-28-29-31-33-36-39-42-45-48-54(57)60-51-52(50-59-53(56)47-44-41-38-35-32-21-18-15-12-9-6-3)61-55(58)49-46-43-40-37-34-30-25-23-20-17-14-11-8-5-2/h8-9,11-12,17-18,20-21,25,28-30,35,38,52H,4-7,10,13-16,19,22-24,26-27,31-34,36-37,39-51H2,1-3H3/b11-8-,12-9-,20-17-,21-18-,29-28-,30-25-,38-35-. The summed E-state index contributed by atoms with van der Waals surface area (Å²) in [5.41, 5.74) is 0. The molecule has 0 aromatic heterocycles. The fourth-order valence-electron chi connectivity index (χ4n) is 6.65. The van der Waals surface area contributed by atoms with E-state index in [0.29, 0.717) is 12.8 Å². The van der Waals surface area contributed by atoms with Gasteiger partial charge in [-0.3, -0.25) is 14.4 Å². The molecular formula is C55H92O6. The summed E-state index contributed by atoms with van der Waals surface area (Å²) in [5.74, 6) is -0.997. The Labute approximate surface area is 375 Å². The highest BCUT2D eigenvalue weighted by molar-refractivity contribution is 5.71. The summed E-state index contributed by atoms with van der Waals surface area (Å²) >= 11 is 0. The van der Waals surface area contributed by atoms with Crippen LogP contribution in [0.4, 0.5) is 0 Å². The molecule has 0 radical (unpaired) electrons. The predicted octanol–water partition coefficient (Wildman–Crippen LogP) is 16.4. The Morgan fingerprint density at radius 2 is 0.656 bits per heavy atom. The van der Waals surface area contributed by atoms with Crippen molar-refractivity contribution < 1.29 is 28.6 Å². The summed E-state index contributed by atoms with van der Waals surface area (Å²) in [6, 6.07) is 0. The Kier molecular flexibility index (Phi) is 46.5. The highest BCUT2D eigenvalue weighted by Gasteiger charge is 2.19. The second kappa shape index (κ2) is 49.2. The van der Waals surface area contributed by atoms with Gasteiger partial charge in [0, 0.05) is 19.3 Å². The van der Waals surface area contributed by atoms with Crippen LogP contribution in [0.3, 0.4) is 0 Å². The van der Waals surface area contributed by atoms with Gasteiger partial charge in [-0.05, 0) is 103 Å². The molecule has 0 saturated carbocycles. The topological polar surface area (TPSA) is 78.9 Å². The Morgan fingerprint density at radius 1 is 0.344 bits per heavy atom. The molecule has 1 unspecified atom stereocenters. The normalized spacial score (nSPS) is 12.8. The highest BCUT2D eigenvalue weighted by Crippen LogP contribution is 2.13. The first-order valence-corrected chi connectivity index (χ1v) is 25.1. The molecule has 1 atom stereocenters. The van der Waals surface area contributed by atoms with Gasteiger partial charge in [0.15, 0.2) is 6.10 Å². The summed E-state index contributed by atoms with van der Waals surface area (Å²) in [5, 5.41) is 0. The molecule has 0 aliphatic rings. The minimum absolute atomic E-state index is 0.106. The molecule has 0 amide bonds. The zero-order valence-electron chi connectivity index (χ0n) is 39.7. The fraction of sp³-hybridized carbons (Fsp3) is 0.691. The van der Waals surface area contributed by atoms with E-state index in [-0.39, 0.29) is 44.0 Å². The van der Waals surface area contributed by atoms with Crippen molar-refractivity contribution in [3.63, 3.8) is 0 Å². The number of rotatable bonds is 44. The summed E-state index contributed by atoms with van der Waals surface area (Å²) in [7, 11) is 0. The van der Waals surface area contributed by atoms with Crippen LogP contribution in [0, 0.1) is 0 Å². The monoisotopic (exact) mass is 849 g/mol. The van der Waals surface area contributed by atoms with Gasteiger partial charge in [0.25, 0.3) is 0 Å². The van der Waals surface area contributed by atoms with Crippen LogP contribution in [0.25, 0.3) is 0 Å². The van der Waals surface area contributed by atoms with Crippen LogP contribution in [0.2, 0.25) is 0 Å². The lowest BCUT2D eigenvalue weighted by molar-refractivity contribution is -0.167. The van der Waals surface area contributed by atoms with Crippen LogP contribution in [-0.4, -0.2) is 37.2 Å². The molecule has 0 fully saturated rings. The predicted molar refractivity (Wildman–Crippen MR) is 261 cm³/mol. The highest BCUT2D eigenvalue weighted by atomic mass is 16.6. The minimum Gasteiger partial charge on any atom is -0.462 e. The van der Waals surface area contributed by atoms with E-state index in [1.165, 1.54) is 70.6 Å². The molecule has 6 nitrogen and oxygen atoms in total. The van der Waals surface area contributed by atoms with Gasteiger partial charge in [-0.15, -0.1) is 0 Å². The number of ether oxygens (including phenoxy) is 3. The Balaban J connectivity index is 4.44. The van der Waals surface area contributed by atoms with E-state index in [1.54, 1.807) is 0 Å². The Morgan fingerprint density at radius 3 is 1.08 bits per heavy atom. The zero-order valence-corrected chi connectivity index (χ0v) is 39.7. The molecule has 0 saturated heterocycles. The third-order valence-corrected chi connectivity index (χ3v) is 10.4. The maximum Gasteiger partial charge on any atom is 0.306 e. The van der Waals surface area contributed by atoms with Gasteiger partial charge in [0.05, 0.1) is 0 Å². The second-order valence-corrected chi connectivity index (χ2v) is 16.3. The average molecular weight is 849 g/mol. The number of carbonyl (C=O) groups is 3. The number of unbranched alkanes of at least 4 members (excludes halogenated alkanes) is 19. The van der Waals surface area contributed by atoms with Crippen molar-refractivity contribution in [1.82, 2.24) is 0 Å². The first-order chi connectivity index (χ1) is 30.0. The number of carbonyl (C=O) groups excluding carboxylic acids is 3. The van der Waals surface area contributed by atoms with Crippen LogP contribution in [-0.2, 0) is 28.6 Å². The molecule has 61 heavy (non-hydrogen) atoms. The van der Waals surface area contributed by atoms with Crippen LogP contribution >= 0.6 is 0 Å². The lowest BCUT2D eigenvalue weighted by Crippen LogP contribution is -2.30. The van der Waals surface area contributed by atoms with E-state index in [9.17, 15) is 14.4 Å². The largest absolute Gasteiger partial charge is 0.462 e. The van der Waals surface area contributed by atoms with E-state index in [1.807, 2.05) is 0 Å². The fourth-order valence-corrected chi connectivity index (χ4v) is 6.65. The molecule has 6 heteroatoms. The third-order valence-electron chi connectivity index (χ3n) is 10.4. The van der Waals surface area contributed by atoms with E-state index in [2.05, 4.69) is 106 Å². The quantitative estimate of drug-likeness (QED) is 0.0263. The summed E-state index contributed by atoms with van der Waals surface area (Å²) in [4.78, 5) is 37.9. The summed E-state index contributed by atoms with van der Waals surface area (Å²) in [6.07, 6.45) is 63.0. The molecule has 0 aliphatic carbocycles.